The molecule has 0 spiro atoms. The van der Waals surface area contributed by atoms with Gasteiger partial charge in [0.2, 0.25) is 0 Å². The van der Waals surface area contributed by atoms with E-state index in [9.17, 15) is 4.79 Å². The lowest BCUT2D eigenvalue weighted by Crippen LogP contribution is -2.53. The summed E-state index contributed by atoms with van der Waals surface area (Å²) in [5.41, 5.74) is 0.889. The molecule has 1 aromatic rings. The number of carbonyl (C=O) groups excluding carboxylic acids is 1. The number of hydrogen-bond donors (Lipinski definition) is 1. The zero-order valence-corrected chi connectivity index (χ0v) is 14.5. The number of nitrogens with zero attached hydrogens (tertiary/aromatic N) is 3. The van der Waals surface area contributed by atoms with Crippen LogP contribution in [-0.4, -0.2) is 66.2 Å². The Kier molecular flexibility index (Phi) is 6.36. The number of nitrogens with one attached hydrogen (secondary N) is 1. The molecule has 0 aromatic carbocycles. The highest BCUT2D eigenvalue weighted by Gasteiger charge is 2.25. The summed E-state index contributed by atoms with van der Waals surface area (Å²) in [6.45, 7) is 9.35. The van der Waals surface area contributed by atoms with Crippen LogP contribution in [0.2, 0.25) is 0 Å². The van der Waals surface area contributed by atoms with E-state index in [2.05, 4.69) is 29.0 Å². The molecule has 1 N–H and O–H groups in total. The number of rotatable bonds is 5. The van der Waals surface area contributed by atoms with Crippen LogP contribution in [0.15, 0.2) is 24.4 Å². The van der Waals surface area contributed by atoms with E-state index in [-0.39, 0.29) is 18.1 Å². The molecular formula is C17H28N4O2. The Morgan fingerprint density at radius 2 is 2.30 bits per heavy atom. The predicted octanol–water partition coefficient (Wildman–Crippen LogP) is 1.89. The molecule has 1 saturated heterocycles. The van der Waals surface area contributed by atoms with E-state index in [0.717, 1.165) is 25.5 Å². The van der Waals surface area contributed by atoms with Crippen LogP contribution in [0.25, 0.3) is 0 Å². The van der Waals surface area contributed by atoms with Crippen LogP contribution in [0.1, 0.15) is 32.5 Å². The summed E-state index contributed by atoms with van der Waals surface area (Å²) in [4.78, 5) is 20.8. The van der Waals surface area contributed by atoms with Gasteiger partial charge in [-0.05, 0) is 32.9 Å². The first kappa shape index (κ1) is 17.7. The molecule has 2 rings (SSSR count). The Labute approximate surface area is 138 Å². The highest BCUT2D eigenvalue weighted by Crippen LogP contribution is 2.16. The van der Waals surface area contributed by atoms with Gasteiger partial charge in [0.1, 0.15) is 0 Å². The van der Waals surface area contributed by atoms with Gasteiger partial charge in [0.15, 0.2) is 0 Å². The highest BCUT2D eigenvalue weighted by atomic mass is 16.5. The van der Waals surface area contributed by atoms with Gasteiger partial charge in [0, 0.05) is 38.4 Å². The SMILES string of the molecule is C[C@H](c1ccccn1)N(C)C(=O)NC[C@@H](C)N1CCOC[C@@H]1C. The molecule has 1 aliphatic heterocycles. The maximum atomic E-state index is 12.4. The van der Waals surface area contributed by atoms with Crippen LogP contribution in [0.3, 0.4) is 0 Å². The molecule has 1 fully saturated rings. The third kappa shape index (κ3) is 4.65. The Bertz CT molecular complexity index is 497. The van der Waals surface area contributed by atoms with Crippen molar-refractivity contribution in [3.63, 3.8) is 0 Å². The average Bonchev–Trinajstić information content (AvgIpc) is 2.59. The summed E-state index contributed by atoms with van der Waals surface area (Å²) in [6, 6.07) is 6.29. The van der Waals surface area contributed by atoms with Gasteiger partial charge in [0.25, 0.3) is 0 Å². The lowest BCUT2D eigenvalue weighted by atomic mass is 10.2. The lowest BCUT2D eigenvalue weighted by Gasteiger charge is -2.38. The van der Waals surface area contributed by atoms with Gasteiger partial charge < -0.3 is 15.0 Å². The second-order valence-electron chi connectivity index (χ2n) is 6.24. The standard InChI is InChI=1S/C17H28N4O2/c1-13(21-9-10-23-12-14(21)2)11-19-17(22)20(4)15(3)16-7-5-6-8-18-16/h5-8,13-15H,9-12H2,1-4H3,(H,19,22)/t13-,14+,15-/m1/s1. The Balaban J connectivity index is 1.84. The molecule has 0 saturated carbocycles. The number of ether oxygens (including phenoxy) is 1. The van der Waals surface area contributed by atoms with Gasteiger partial charge in [-0.15, -0.1) is 0 Å². The molecule has 2 amide bonds. The van der Waals surface area contributed by atoms with Crippen molar-refractivity contribution in [3.05, 3.63) is 30.1 Å². The van der Waals surface area contributed by atoms with Crippen LogP contribution >= 0.6 is 0 Å². The minimum atomic E-state index is -0.0732. The molecule has 0 aliphatic carbocycles. The van der Waals surface area contributed by atoms with Crippen LogP contribution < -0.4 is 5.32 Å². The van der Waals surface area contributed by atoms with Crippen LogP contribution in [0.4, 0.5) is 4.79 Å². The summed E-state index contributed by atoms with van der Waals surface area (Å²) in [7, 11) is 1.80. The molecule has 23 heavy (non-hydrogen) atoms. The maximum absolute atomic E-state index is 12.4. The molecule has 0 bridgehead atoms. The van der Waals surface area contributed by atoms with E-state index < -0.39 is 0 Å². The van der Waals surface area contributed by atoms with Crippen molar-refractivity contribution in [2.75, 3.05) is 33.4 Å². The number of pyridine rings is 1. The van der Waals surface area contributed by atoms with E-state index in [0.29, 0.717) is 12.6 Å². The van der Waals surface area contributed by atoms with Gasteiger partial charge in [-0.3, -0.25) is 9.88 Å². The molecule has 6 heteroatoms. The normalized spacial score (nSPS) is 21.5. The number of morpholine rings is 1. The van der Waals surface area contributed by atoms with Gasteiger partial charge in [0.05, 0.1) is 24.9 Å². The van der Waals surface area contributed by atoms with E-state index in [4.69, 9.17) is 4.74 Å². The Morgan fingerprint density at radius 1 is 1.52 bits per heavy atom. The van der Waals surface area contributed by atoms with E-state index in [1.165, 1.54) is 0 Å². The number of carbonyl (C=O) groups is 1. The largest absolute Gasteiger partial charge is 0.379 e. The summed E-state index contributed by atoms with van der Waals surface area (Å²) in [5, 5.41) is 3.03. The van der Waals surface area contributed by atoms with Crippen molar-refractivity contribution < 1.29 is 9.53 Å². The number of hydrogen-bond acceptors (Lipinski definition) is 4. The second-order valence-corrected chi connectivity index (χ2v) is 6.24. The molecular weight excluding hydrogens is 292 g/mol. The molecule has 0 radical (unpaired) electrons. The monoisotopic (exact) mass is 320 g/mol. The molecule has 2 heterocycles. The van der Waals surface area contributed by atoms with Crippen molar-refractivity contribution in [1.29, 1.82) is 0 Å². The smallest absolute Gasteiger partial charge is 0.317 e. The molecule has 128 valence electrons. The minimum Gasteiger partial charge on any atom is -0.379 e. The topological polar surface area (TPSA) is 57.7 Å². The Hall–Kier alpha value is -1.66. The summed E-state index contributed by atoms with van der Waals surface area (Å²) < 4.78 is 5.46. The first-order valence-corrected chi connectivity index (χ1v) is 8.25. The Morgan fingerprint density at radius 3 is 2.96 bits per heavy atom. The van der Waals surface area contributed by atoms with Gasteiger partial charge in [-0.1, -0.05) is 6.07 Å². The lowest BCUT2D eigenvalue weighted by molar-refractivity contribution is -0.0178. The van der Waals surface area contributed by atoms with Gasteiger partial charge >= 0.3 is 6.03 Å². The zero-order valence-electron chi connectivity index (χ0n) is 14.5. The van der Waals surface area contributed by atoms with Crippen LogP contribution in [-0.2, 0) is 4.74 Å². The third-order valence-electron chi connectivity index (χ3n) is 4.55. The minimum absolute atomic E-state index is 0.0613. The van der Waals surface area contributed by atoms with Gasteiger partial charge in [-0.2, -0.15) is 0 Å². The summed E-state index contributed by atoms with van der Waals surface area (Å²) >= 11 is 0. The van der Waals surface area contributed by atoms with Crippen molar-refractivity contribution in [1.82, 2.24) is 20.1 Å². The molecule has 1 aliphatic rings. The van der Waals surface area contributed by atoms with E-state index in [1.807, 2.05) is 25.1 Å². The zero-order chi connectivity index (χ0) is 16.8. The van der Waals surface area contributed by atoms with Crippen molar-refractivity contribution in [3.8, 4) is 0 Å². The fourth-order valence-electron chi connectivity index (χ4n) is 2.87. The third-order valence-corrected chi connectivity index (χ3v) is 4.55. The van der Waals surface area contributed by atoms with Gasteiger partial charge in [-0.25, -0.2) is 4.79 Å². The number of urea groups is 1. The van der Waals surface area contributed by atoms with Crippen molar-refractivity contribution in [2.24, 2.45) is 0 Å². The predicted molar refractivity (Wildman–Crippen MR) is 90.3 cm³/mol. The maximum Gasteiger partial charge on any atom is 0.317 e. The van der Waals surface area contributed by atoms with Crippen LogP contribution in [0.5, 0.6) is 0 Å². The van der Waals surface area contributed by atoms with Crippen LogP contribution in [0, 0.1) is 0 Å². The highest BCUT2D eigenvalue weighted by molar-refractivity contribution is 5.74. The van der Waals surface area contributed by atoms with E-state index in [1.54, 1.807) is 18.1 Å². The van der Waals surface area contributed by atoms with E-state index >= 15 is 0 Å². The van der Waals surface area contributed by atoms with Crippen molar-refractivity contribution >= 4 is 6.03 Å². The first-order valence-electron chi connectivity index (χ1n) is 8.25. The molecule has 0 unspecified atom stereocenters. The summed E-state index contributed by atoms with van der Waals surface area (Å²) in [5.74, 6) is 0. The number of amides is 2. The fourth-order valence-corrected chi connectivity index (χ4v) is 2.87. The molecule has 1 aromatic heterocycles. The van der Waals surface area contributed by atoms with Crippen molar-refractivity contribution in [2.45, 2.75) is 38.9 Å². The first-order chi connectivity index (χ1) is 11.0. The quantitative estimate of drug-likeness (QED) is 0.900. The molecule has 3 atom stereocenters. The summed E-state index contributed by atoms with van der Waals surface area (Å²) in [6.07, 6.45) is 1.75. The number of aromatic nitrogens is 1. The second kappa shape index (κ2) is 8.26. The molecule has 6 nitrogen and oxygen atoms in total. The average molecular weight is 320 g/mol. The fraction of sp³-hybridized carbons (Fsp3) is 0.647.